The maximum atomic E-state index is 11.1. The van der Waals surface area contributed by atoms with Crippen molar-refractivity contribution in [1.29, 1.82) is 0 Å². The van der Waals surface area contributed by atoms with E-state index in [4.69, 9.17) is 10.8 Å². The second kappa shape index (κ2) is 3.34. The summed E-state index contributed by atoms with van der Waals surface area (Å²) in [7, 11) is 0. The lowest BCUT2D eigenvalue weighted by Gasteiger charge is -2.24. The van der Waals surface area contributed by atoms with Crippen LogP contribution in [0.25, 0.3) is 0 Å². The lowest BCUT2D eigenvalue weighted by Crippen LogP contribution is -2.53. The number of hydrogen-bond donors (Lipinski definition) is 2. The predicted molar refractivity (Wildman–Crippen MR) is 54.2 cm³/mol. The fourth-order valence-electron chi connectivity index (χ4n) is 1.79. The van der Waals surface area contributed by atoms with Crippen molar-refractivity contribution in [2.75, 3.05) is 0 Å². The van der Waals surface area contributed by atoms with Gasteiger partial charge in [0.15, 0.2) is 0 Å². The summed E-state index contributed by atoms with van der Waals surface area (Å²) in [5, 5.41) is 13.2. The largest absolute Gasteiger partial charge is 0.480 e. The molecule has 1 heterocycles. The fourth-order valence-corrected chi connectivity index (χ4v) is 1.79. The fraction of sp³-hybridized carbons (Fsp3) is 0.600. The summed E-state index contributed by atoms with van der Waals surface area (Å²) < 4.78 is 1.61. The van der Waals surface area contributed by atoms with Crippen LogP contribution < -0.4 is 5.73 Å². The van der Waals surface area contributed by atoms with E-state index in [0.717, 1.165) is 18.4 Å². The summed E-state index contributed by atoms with van der Waals surface area (Å²) >= 11 is 0. The zero-order valence-electron chi connectivity index (χ0n) is 8.68. The first kappa shape index (κ1) is 10.2. The van der Waals surface area contributed by atoms with Crippen LogP contribution in [-0.2, 0) is 11.3 Å². The molecule has 1 fully saturated rings. The molecule has 0 amide bonds. The first-order valence-corrected chi connectivity index (χ1v) is 5.04. The molecule has 15 heavy (non-hydrogen) atoms. The van der Waals surface area contributed by atoms with E-state index < -0.39 is 11.5 Å². The highest BCUT2D eigenvalue weighted by Crippen LogP contribution is 2.39. The number of aryl methyl sites for hydroxylation is 1. The van der Waals surface area contributed by atoms with Gasteiger partial charge in [-0.2, -0.15) is 5.10 Å². The van der Waals surface area contributed by atoms with E-state index in [1.165, 1.54) is 0 Å². The van der Waals surface area contributed by atoms with Crippen LogP contribution in [0.3, 0.4) is 0 Å². The molecule has 1 aliphatic carbocycles. The van der Waals surface area contributed by atoms with Gasteiger partial charge in [-0.3, -0.25) is 9.48 Å². The summed E-state index contributed by atoms with van der Waals surface area (Å²) in [6.07, 6.45) is 5.33. The summed E-state index contributed by atoms with van der Waals surface area (Å²) in [5.41, 5.74) is 5.79. The molecule has 0 spiro atoms. The number of carboxylic acids is 1. The molecule has 82 valence electrons. The van der Waals surface area contributed by atoms with Crippen molar-refractivity contribution < 1.29 is 9.90 Å². The van der Waals surface area contributed by atoms with Crippen molar-refractivity contribution in [2.45, 2.75) is 31.8 Å². The number of aliphatic carboxylic acids is 1. The van der Waals surface area contributed by atoms with Gasteiger partial charge >= 0.3 is 5.97 Å². The third-order valence-corrected chi connectivity index (χ3v) is 2.89. The number of carbonyl (C=O) groups is 1. The molecule has 0 aromatic carbocycles. The van der Waals surface area contributed by atoms with Gasteiger partial charge in [-0.1, -0.05) is 0 Å². The van der Waals surface area contributed by atoms with Crippen molar-refractivity contribution >= 4 is 5.97 Å². The molecule has 1 aromatic rings. The average molecular weight is 209 g/mol. The van der Waals surface area contributed by atoms with E-state index >= 15 is 0 Å². The molecule has 0 bridgehead atoms. The van der Waals surface area contributed by atoms with Crippen LogP contribution in [0.2, 0.25) is 0 Å². The van der Waals surface area contributed by atoms with Gasteiger partial charge in [0.25, 0.3) is 0 Å². The van der Waals surface area contributed by atoms with Crippen molar-refractivity contribution in [2.24, 2.45) is 11.7 Å². The molecule has 1 saturated carbocycles. The summed E-state index contributed by atoms with van der Waals surface area (Å²) in [6.45, 7) is 2.17. The highest BCUT2D eigenvalue weighted by atomic mass is 16.4. The molecule has 0 radical (unpaired) electrons. The molecule has 1 aliphatic rings. The van der Waals surface area contributed by atoms with Crippen molar-refractivity contribution in [3.63, 3.8) is 0 Å². The maximum Gasteiger partial charge on any atom is 0.325 e. The molecule has 0 aliphatic heterocycles. The van der Waals surface area contributed by atoms with E-state index in [1.54, 1.807) is 10.9 Å². The number of carboxylic acid groups (broad SMARTS) is 1. The number of hydrogen-bond acceptors (Lipinski definition) is 3. The Balaban J connectivity index is 2.16. The molecular weight excluding hydrogens is 194 g/mol. The third kappa shape index (κ3) is 1.87. The Bertz CT molecular complexity index is 384. The van der Waals surface area contributed by atoms with E-state index in [2.05, 4.69) is 5.10 Å². The first-order chi connectivity index (χ1) is 7.02. The van der Waals surface area contributed by atoms with Gasteiger partial charge in [-0.15, -0.1) is 0 Å². The molecule has 1 unspecified atom stereocenters. The summed E-state index contributed by atoms with van der Waals surface area (Å²) in [4.78, 5) is 11.1. The second-order valence-corrected chi connectivity index (χ2v) is 4.34. The van der Waals surface area contributed by atoms with E-state index in [-0.39, 0.29) is 12.5 Å². The van der Waals surface area contributed by atoms with Crippen LogP contribution in [0.4, 0.5) is 0 Å². The number of nitrogens with zero attached hydrogens (tertiary/aromatic N) is 2. The highest BCUT2D eigenvalue weighted by Gasteiger charge is 2.48. The molecule has 3 N–H and O–H groups in total. The molecule has 1 aromatic heterocycles. The van der Waals surface area contributed by atoms with Crippen LogP contribution in [0.5, 0.6) is 0 Å². The van der Waals surface area contributed by atoms with Gasteiger partial charge in [0, 0.05) is 6.20 Å². The van der Waals surface area contributed by atoms with Gasteiger partial charge < -0.3 is 10.8 Å². The minimum atomic E-state index is -1.15. The lowest BCUT2D eigenvalue weighted by atomic mass is 9.95. The van der Waals surface area contributed by atoms with E-state index in [9.17, 15) is 4.79 Å². The first-order valence-electron chi connectivity index (χ1n) is 5.04. The zero-order chi connectivity index (χ0) is 11.1. The lowest BCUT2D eigenvalue weighted by molar-refractivity contribution is -0.145. The quantitative estimate of drug-likeness (QED) is 0.751. The SMILES string of the molecule is Cc1cnn(CC(N)(C(=O)O)C2CC2)c1. The van der Waals surface area contributed by atoms with Crippen molar-refractivity contribution in [3.05, 3.63) is 18.0 Å². The maximum absolute atomic E-state index is 11.1. The Morgan fingerprint density at radius 3 is 2.87 bits per heavy atom. The Labute approximate surface area is 87.9 Å². The molecule has 2 rings (SSSR count). The van der Waals surface area contributed by atoms with Crippen molar-refractivity contribution in [1.82, 2.24) is 9.78 Å². The van der Waals surface area contributed by atoms with Crippen LogP contribution in [-0.4, -0.2) is 26.4 Å². The molecule has 5 heteroatoms. The van der Waals surface area contributed by atoms with Gasteiger partial charge in [-0.25, -0.2) is 0 Å². The molecule has 5 nitrogen and oxygen atoms in total. The van der Waals surface area contributed by atoms with Crippen LogP contribution in [0.15, 0.2) is 12.4 Å². The smallest absolute Gasteiger partial charge is 0.325 e. The van der Waals surface area contributed by atoms with Gasteiger partial charge in [0.1, 0.15) is 5.54 Å². The highest BCUT2D eigenvalue weighted by molar-refractivity contribution is 5.79. The van der Waals surface area contributed by atoms with Crippen LogP contribution >= 0.6 is 0 Å². The van der Waals surface area contributed by atoms with E-state index in [1.807, 2.05) is 13.1 Å². The van der Waals surface area contributed by atoms with Crippen LogP contribution in [0.1, 0.15) is 18.4 Å². The number of rotatable bonds is 4. The zero-order valence-corrected chi connectivity index (χ0v) is 8.68. The number of aromatic nitrogens is 2. The van der Waals surface area contributed by atoms with Gasteiger partial charge in [0.2, 0.25) is 0 Å². The normalized spacial score (nSPS) is 19.9. The minimum absolute atomic E-state index is 0.0968. The summed E-state index contributed by atoms with van der Waals surface area (Å²) in [6, 6.07) is 0. The number of nitrogens with two attached hydrogens (primary N) is 1. The second-order valence-electron chi connectivity index (χ2n) is 4.34. The monoisotopic (exact) mass is 209 g/mol. The predicted octanol–water partition coefficient (Wildman–Crippen LogP) is 0.384. The minimum Gasteiger partial charge on any atom is -0.480 e. The van der Waals surface area contributed by atoms with Crippen LogP contribution in [0, 0.1) is 12.8 Å². The molecule has 1 atom stereocenters. The average Bonchev–Trinajstić information content (AvgIpc) is 2.92. The van der Waals surface area contributed by atoms with Crippen molar-refractivity contribution in [3.8, 4) is 0 Å². The topological polar surface area (TPSA) is 81.1 Å². The van der Waals surface area contributed by atoms with Gasteiger partial charge in [0.05, 0.1) is 12.7 Å². The van der Waals surface area contributed by atoms with Gasteiger partial charge in [-0.05, 0) is 31.2 Å². The Kier molecular flexibility index (Phi) is 2.26. The Morgan fingerprint density at radius 1 is 1.80 bits per heavy atom. The molecular formula is C10H15N3O2. The molecule has 0 saturated heterocycles. The Morgan fingerprint density at radius 2 is 2.47 bits per heavy atom. The van der Waals surface area contributed by atoms with E-state index in [0.29, 0.717) is 0 Å². The third-order valence-electron chi connectivity index (χ3n) is 2.89. The summed E-state index contributed by atoms with van der Waals surface area (Å²) in [5.74, 6) is -0.836. The Hall–Kier alpha value is -1.36. The standard InChI is InChI=1S/C10H15N3O2/c1-7-4-12-13(5-7)6-10(11,9(14)15)8-2-3-8/h4-5,8H,2-3,6,11H2,1H3,(H,14,15).